The standard InChI is InChI=1S/C20H25N7O2/c1-14-6-5-7-15(2)27(14)18(28)12-26-17-9-4-3-8-16(17)22-19(26)23-24-20(29)25-11-10-21-13-25/h3-4,8-11,13-15H,5-7,12H2,1-2H3,(H,22,23)(H,24,29)/t14-,15+. The summed E-state index contributed by atoms with van der Waals surface area (Å²) in [5, 5.41) is 0. The van der Waals surface area contributed by atoms with E-state index in [1.807, 2.05) is 29.2 Å². The van der Waals surface area contributed by atoms with E-state index in [0.717, 1.165) is 30.3 Å². The number of aromatic nitrogens is 4. The highest BCUT2D eigenvalue weighted by Gasteiger charge is 2.29. The third-order valence-electron chi connectivity index (χ3n) is 5.45. The van der Waals surface area contributed by atoms with Crippen molar-refractivity contribution < 1.29 is 9.59 Å². The minimum Gasteiger partial charge on any atom is -0.336 e. The van der Waals surface area contributed by atoms with E-state index in [-0.39, 0.29) is 24.5 Å². The fourth-order valence-corrected chi connectivity index (χ4v) is 4.01. The topological polar surface area (TPSA) is 97.1 Å². The number of rotatable bonds is 4. The second-order valence-corrected chi connectivity index (χ2v) is 7.47. The molecule has 3 heterocycles. The van der Waals surface area contributed by atoms with Crippen LogP contribution in [0.15, 0.2) is 43.0 Å². The molecule has 29 heavy (non-hydrogen) atoms. The first-order chi connectivity index (χ1) is 14.0. The highest BCUT2D eigenvalue weighted by molar-refractivity contribution is 5.84. The molecule has 152 valence electrons. The Morgan fingerprint density at radius 2 is 1.93 bits per heavy atom. The van der Waals surface area contributed by atoms with Crippen LogP contribution in [0.2, 0.25) is 0 Å². The minimum absolute atomic E-state index is 0.0526. The largest absolute Gasteiger partial charge is 0.345 e. The van der Waals surface area contributed by atoms with Crippen molar-refractivity contribution >= 4 is 28.9 Å². The molecule has 0 unspecified atom stereocenters. The first-order valence-corrected chi connectivity index (χ1v) is 9.85. The molecule has 2 atom stereocenters. The van der Waals surface area contributed by atoms with Crippen molar-refractivity contribution in [3.63, 3.8) is 0 Å². The number of anilines is 1. The average Bonchev–Trinajstić information content (AvgIpc) is 3.35. The van der Waals surface area contributed by atoms with Gasteiger partial charge in [-0.3, -0.25) is 19.4 Å². The van der Waals surface area contributed by atoms with E-state index in [9.17, 15) is 9.59 Å². The van der Waals surface area contributed by atoms with Crippen LogP contribution >= 0.6 is 0 Å². The summed E-state index contributed by atoms with van der Waals surface area (Å²) >= 11 is 0. The van der Waals surface area contributed by atoms with Gasteiger partial charge in [0.05, 0.1) is 11.0 Å². The number of imidazole rings is 2. The van der Waals surface area contributed by atoms with Crippen LogP contribution in [0, 0.1) is 0 Å². The summed E-state index contributed by atoms with van der Waals surface area (Å²) < 4.78 is 3.11. The summed E-state index contributed by atoms with van der Waals surface area (Å²) in [5.41, 5.74) is 7.03. The number of hydrazine groups is 1. The van der Waals surface area contributed by atoms with Crippen molar-refractivity contribution in [1.29, 1.82) is 0 Å². The van der Waals surface area contributed by atoms with Crippen molar-refractivity contribution in [1.82, 2.24) is 29.4 Å². The van der Waals surface area contributed by atoms with Crippen molar-refractivity contribution in [2.24, 2.45) is 0 Å². The van der Waals surface area contributed by atoms with Gasteiger partial charge in [-0.25, -0.2) is 20.2 Å². The summed E-state index contributed by atoms with van der Waals surface area (Å²) in [6.45, 7) is 4.35. The molecule has 2 amide bonds. The van der Waals surface area contributed by atoms with Crippen molar-refractivity contribution in [3.05, 3.63) is 43.0 Å². The van der Waals surface area contributed by atoms with E-state index in [1.165, 1.54) is 17.1 Å². The smallest absolute Gasteiger partial charge is 0.336 e. The SMILES string of the molecule is C[C@@H]1CCC[C@H](C)N1C(=O)Cn1c(NNC(=O)n2ccnc2)nc2ccccc21. The number of amides is 2. The summed E-state index contributed by atoms with van der Waals surface area (Å²) in [5.74, 6) is 0.460. The third kappa shape index (κ3) is 3.80. The zero-order valence-corrected chi connectivity index (χ0v) is 16.6. The molecule has 1 fully saturated rings. The minimum atomic E-state index is -0.397. The van der Waals surface area contributed by atoms with E-state index >= 15 is 0 Å². The maximum atomic E-state index is 13.2. The molecule has 2 N–H and O–H groups in total. The van der Waals surface area contributed by atoms with Gasteiger partial charge in [-0.2, -0.15) is 0 Å². The van der Waals surface area contributed by atoms with Crippen LogP contribution in [0.25, 0.3) is 11.0 Å². The number of piperidine rings is 1. The molecule has 0 radical (unpaired) electrons. The molecule has 1 aliphatic heterocycles. The molecular formula is C20H25N7O2. The molecule has 1 aromatic carbocycles. The van der Waals surface area contributed by atoms with Gasteiger partial charge in [0.15, 0.2) is 0 Å². The number of carbonyl (C=O) groups excluding carboxylic acids is 2. The number of nitrogens with one attached hydrogen (secondary N) is 2. The number of carbonyl (C=O) groups is 2. The number of hydrogen-bond donors (Lipinski definition) is 2. The second-order valence-electron chi connectivity index (χ2n) is 7.47. The van der Waals surface area contributed by atoms with Crippen LogP contribution < -0.4 is 10.9 Å². The van der Waals surface area contributed by atoms with Crippen molar-refractivity contribution in [2.75, 3.05) is 5.43 Å². The molecule has 9 heteroatoms. The Kier molecular flexibility index (Phi) is 5.20. The number of nitrogens with zero attached hydrogens (tertiary/aromatic N) is 5. The molecular weight excluding hydrogens is 370 g/mol. The molecule has 4 rings (SSSR count). The van der Waals surface area contributed by atoms with Gasteiger partial charge in [0, 0.05) is 24.5 Å². The van der Waals surface area contributed by atoms with Gasteiger partial charge >= 0.3 is 6.03 Å². The lowest BCUT2D eigenvalue weighted by Crippen LogP contribution is -2.48. The fourth-order valence-electron chi connectivity index (χ4n) is 4.01. The Balaban J connectivity index is 1.58. The number of hydrogen-bond acceptors (Lipinski definition) is 5. The lowest BCUT2D eigenvalue weighted by Gasteiger charge is -2.39. The van der Waals surface area contributed by atoms with Crippen LogP contribution in [-0.4, -0.2) is 48.0 Å². The highest BCUT2D eigenvalue weighted by atomic mass is 16.2. The molecule has 0 aliphatic carbocycles. The van der Waals surface area contributed by atoms with Crippen molar-refractivity contribution in [2.45, 2.75) is 51.7 Å². The summed E-state index contributed by atoms with van der Waals surface area (Å²) in [4.78, 5) is 35.7. The molecule has 0 spiro atoms. The highest BCUT2D eigenvalue weighted by Crippen LogP contribution is 2.25. The van der Waals surface area contributed by atoms with Gasteiger partial charge in [0.25, 0.3) is 0 Å². The van der Waals surface area contributed by atoms with Gasteiger partial charge < -0.3 is 4.90 Å². The van der Waals surface area contributed by atoms with Crippen LogP contribution in [0.1, 0.15) is 33.1 Å². The van der Waals surface area contributed by atoms with E-state index in [4.69, 9.17) is 0 Å². The Bertz CT molecular complexity index is 1000. The van der Waals surface area contributed by atoms with Gasteiger partial charge in [0.2, 0.25) is 11.9 Å². The molecule has 2 aromatic heterocycles. The van der Waals surface area contributed by atoms with Crippen LogP contribution in [0.3, 0.4) is 0 Å². The maximum Gasteiger partial charge on any atom is 0.345 e. The zero-order valence-electron chi connectivity index (χ0n) is 16.6. The summed E-state index contributed by atoms with van der Waals surface area (Å²) in [6, 6.07) is 7.64. The maximum absolute atomic E-state index is 13.2. The number of para-hydroxylation sites is 2. The Hall–Kier alpha value is -3.36. The summed E-state index contributed by atoms with van der Waals surface area (Å²) in [7, 11) is 0. The Morgan fingerprint density at radius 3 is 2.66 bits per heavy atom. The van der Waals surface area contributed by atoms with Crippen LogP contribution in [-0.2, 0) is 11.3 Å². The van der Waals surface area contributed by atoms with E-state index in [0.29, 0.717) is 5.95 Å². The lowest BCUT2D eigenvalue weighted by molar-refractivity contribution is -0.137. The average molecular weight is 395 g/mol. The predicted octanol–water partition coefficient (Wildman–Crippen LogP) is 2.61. The predicted molar refractivity (Wildman–Crippen MR) is 109 cm³/mol. The fraction of sp³-hybridized carbons (Fsp3) is 0.400. The monoisotopic (exact) mass is 395 g/mol. The van der Waals surface area contributed by atoms with Gasteiger partial charge in [-0.05, 0) is 45.2 Å². The molecule has 1 aliphatic rings. The number of likely N-dealkylation sites (tertiary alicyclic amines) is 1. The lowest BCUT2D eigenvalue weighted by atomic mass is 9.97. The molecule has 9 nitrogen and oxygen atoms in total. The Morgan fingerprint density at radius 1 is 1.17 bits per heavy atom. The van der Waals surface area contributed by atoms with E-state index < -0.39 is 6.03 Å². The molecule has 1 saturated heterocycles. The first-order valence-electron chi connectivity index (χ1n) is 9.85. The van der Waals surface area contributed by atoms with E-state index in [2.05, 4.69) is 34.7 Å². The second kappa shape index (κ2) is 7.94. The number of benzene rings is 1. The van der Waals surface area contributed by atoms with Gasteiger partial charge in [-0.15, -0.1) is 0 Å². The zero-order chi connectivity index (χ0) is 20.4. The van der Waals surface area contributed by atoms with Crippen LogP contribution in [0.4, 0.5) is 10.7 Å². The normalized spacial score (nSPS) is 19.3. The van der Waals surface area contributed by atoms with E-state index in [1.54, 1.807) is 10.8 Å². The Labute approximate surface area is 168 Å². The number of fused-ring (bicyclic) bond motifs is 1. The molecule has 3 aromatic rings. The molecule has 0 saturated carbocycles. The molecule has 0 bridgehead atoms. The first kappa shape index (κ1) is 19.0. The van der Waals surface area contributed by atoms with Crippen LogP contribution in [0.5, 0.6) is 0 Å². The van der Waals surface area contributed by atoms with Gasteiger partial charge in [-0.1, -0.05) is 12.1 Å². The van der Waals surface area contributed by atoms with Gasteiger partial charge in [0.1, 0.15) is 12.9 Å². The summed E-state index contributed by atoms with van der Waals surface area (Å²) in [6.07, 6.45) is 7.66. The third-order valence-corrected chi connectivity index (χ3v) is 5.45. The van der Waals surface area contributed by atoms with Crippen molar-refractivity contribution in [3.8, 4) is 0 Å². The quantitative estimate of drug-likeness (QED) is 0.662.